The van der Waals surface area contributed by atoms with Crippen LogP contribution in [0.2, 0.25) is 10.0 Å². The Labute approximate surface area is 192 Å². The van der Waals surface area contributed by atoms with Gasteiger partial charge < -0.3 is 10.6 Å². The molecule has 0 bridgehead atoms. The lowest BCUT2D eigenvalue weighted by Crippen LogP contribution is -2.30. The summed E-state index contributed by atoms with van der Waals surface area (Å²) in [5, 5.41) is 17.5. The zero-order chi connectivity index (χ0) is 21.8. The van der Waals surface area contributed by atoms with E-state index in [1.165, 1.54) is 5.69 Å². The molecule has 0 aliphatic carbocycles. The summed E-state index contributed by atoms with van der Waals surface area (Å²) in [4.78, 5) is 0. The molecule has 6 nitrogen and oxygen atoms in total. The number of thiocarbonyl (C=S) groups is 1. The second-order valence-corrected chi connectivity index (χ2v) is 8.51. The first kappa shape index (κ1) is 22.6. The fraction of sp³-hybridized carbons (Fsp3) is 0.381. The molecular weight excluding hydrogens is 439 g/mol. The molecular formula is C21H26Cl2N6S. The van der Waals surface area contributed by atoms with E-state index in [4.69, 9.17) is 35.4 Å². The van der Waals surface area contributed by atoms with Gasteiger partial charge in [-0.1, -0.05) is 29.3 Å². The standard InChI is InChI=1S/C21H26Cl2N6S/c1-13-11-14(2)28(26-13)10-6-9-24-21(30)25-20-15(3)27-29(16(20)4)12-17-18(22)7-5-8-19(17)23/h5,7-8,11H,6,9-10,12H2,1-4H3,(H2,24,25,30). The van der Waals surface area contributed by atoms with E-state index in [0.717, 1.165) is 47.8 Å². The van der Waals surface area contributed by atoms with Crippen molar-refractivity contribution in [2.45, 2.75) is 47.2 Å². The zero-order valence-corrected chi connectivity index (χ0v) is 19.9. The first-order valence-electron chi connectivity index (χ1n) is 9.79. The van der Waals surface area contributed by atoms with Crippen LogP contribution < -0.4 is 10.6 Å². The van der Waals surface area contributed by atoms with Gasteiger partial charge in [0.15, 0.2) is 5.11 Å². The molecule has 0 atom stereocenters. The van der Waals surface area contributed by atoms with Crippen LogP contribution in [0.5, 0.6) is 0 Å². The molecule has 0 aliphatic rings. The van der Waals surface area contributed by atoms with E-state index in [1.807, 2.05) is 48.3 Å². The van der Waals surface area contributed by atoms with Crippen molar-refractivity contribution in [2.75, 3.05) is 11.9 Å². The Bertz CT molecular complexity index is 1040. The average molecular weight is 465 g/mol. The highest BCUT2D eigenvalue weighted by molar-refractivity contribution is 7.80. The summed E-state index contributed by atoms with van der Waals surface area (Å²) >= 11 is 18.1. The molecule has 9 heteroatoms. The normalized spacial score (nSPS) is 11.0. The van der Waals surface area contributed by atoms with E-state index in [1.54, 1.807) is 0 Å². The van der Waals surface area contributed by atoms with Crippen LogP contribution in [0, 0.1) is 27.7 Å². The van der Waals surface area contributed by atoms with Crippen LogP contribution in [-0.4, -0.2) is 31.2 Å². The van der Waals surface area contributed by atoms with E-state index in [-0.39, 0.29) is 0 Å². The number of anilines is 1. The number of nitrogens with zero attached hydrogens (tertiary/aromatic N) is 4. The molecule has 2 aromatic heterocycles. The number of hydrogen-bond acceptors (Lipinski definition) is 3. The summed E-state index contributed by atoms with van der Waals surface area (Å²) in [6, 6.07) is 7.58. The van der Waals surface area contributed by atoms with Crippen LogP contribution in [-0.2, 0) is 13.1 Å². The molecule has 160 valence electrons. The second kappa shape index (κ2) is 9.81. The van der Waals surface area contributed by atoms with Crippen molar-refractivity contribution in [1.29, 1.82) is 0 Å². The molecule has 0 saturated heterocycles. The summed E-state index contributed by atoms with van der Waals surface area (Å²) in [7, 11) is 0. The Balaban J connectivity index is 1.57. The fourth-order valence-corrected chi connectivity index (χ4v) is 4.08. The monoisotopic (exact) mass is 464 g/mol. The van der Waals surface area contributed by atoms with Crippen molar-refractivity contribution < 1.29 is 0 Å². The number of hydrogen-bond donors (Lipinski definition) is 2. The van der Waals surface area contributed by atoms with Crippen molar-refractivity contribution in [3.05, 3.63) is 62.6 Å². The van der Waals surface area contributed by atoms with Crippen molar-refractivity contribution in [1.82, 2.24) is 24.9 Å². The maximum absolute atomic E-state index is 6.31. The Hall–Kier alpha value is -2.09. The average Bonchev–Trinajstić information content (AvgIpc) is 3.14. The fourth-order valence-electron chi connectivity index (χ4n) is 3.35. The first-order valence-corrected chi connectivity index (χ1v) is 11.0. The van der Waals surface area contributed by atoms with Gasteiger partial charge in [-0.3, -0.25) is 9.36 Å². The van der Waals surface area contributed by atoms with E-state index >= 15 is 0 Å². The Kier molecular flexibility index (Phi) is 7.39. The minimum absolute atomic E-state index is 0.496. The highest BCUT2D eigenvalue weighted by Crippen LogP contribution is 2.27. The molecule has 2 N–H and O–H groups in total. The zero-order valence-electron chi connectivity index (χ0n) is 17.6. The van der Waals surface area contributed by atoms with Gasteiger partial charge >= 0.3 is 0 Å². The third kappa shape index (κ3) is 5.33. The van der Waals surface area contributed by atoms with Gasteiger partial charge in [-0.25, -0.2) is 0 Å². The summed E-state index contributed by atoms with van der Waals surface area (Å²) in [6.07, 6.45) is 0.923. The van der Waals surface area contributed by atoms with Gasteiger partial charge in [0.05, 0.1) is 29.3 Å². The molecule has 3 aromatic rings. The molecule has 0 spiro atoms. The molecule has 1 aromatic carbocycles. The van der Waals surface area contributed by atoms with Crippen molar-refractivity contribution >= 4 is 46.2 Å². The minimum Gasteiger partial charge on any atom is -0.362 e. The number of aryl methyl sites for hydroxylation is 4. The van der Waals surface area contributed by atoms with Crippen molar-refractivity contribution in [2.24, 2.45) is 0 Å². The second-order valence-electron chi connectivity index (χ2n) is 7.29. The predicted molar refractivity (Wildman–Crippen MR) is 128 cm³/mol. The number of aromatic nitrogens is 4. The summed E-state index contributed by atoms with van der Waals surface area (Å²) in [5.41, 5.74) is 5.79. The summed E-state index contributed by atoms with van der Waals surface area (Å²) < 4.78 is 3.90. The number of rotatable bonds is 7. The van der Waals surface area contributed by atoms with E-state index < -0.39 is 0 Å². The molecule has 30 heavy (non-hydrogen) atoms. The number of nitrogens with one attached hydrogen (secondary N) is 2. The van der Waals surface area contributed by atoms with Gasteiger partial charge in [0.2, 0.25) is 0 Å². The van der Waals surface area contributed by atoms with Crippen LogP contribution >= 0.6 is 35.4 Å². The van der Waals surface area contributed by atoms with Gasteiger partial charge in [0.25, 0.3) is 0 Å². The first-order chi connectivity index (χ1) is 14.3. The number of halogens is 2. The van der Waals surface area contributed by atoms with Crippen LogP contribution in [0.4, 0.5) is 5.69 Å². The molecule has 0 amide bonds. The minimum atomic E-state index is 0.496. The van der Waals surface area contributed by atoms with Gasteiger partial charge in [0.1, 0.15) is 0 Å². The van der Waals surface area contributed by atoms with E-state index in [9.17, 15) is 0 Å². The molecule has 0 fully saturated rings. The molecule has 3 rings (SSSR count). The SMILES string of the molecule is Cc1cc(C)n(CCCNC(=S)Nc2c(C)nn(Cc3c(Cl)cccc3Cl)c2C)n1. The predicted octanol–water partition coefficient (Wildman–Crippen LogP) is 5.05. The van der Waals surface area contributed by atoms with E-state index in [2.05, 4.69) is 33.8 Å². The Morgan fingerprint density at radius 3 is 2.40 bits per heavy atom. The highest BCUT2D eigenvalue weighted by Gasteiger charge is 2.15. The topological polar surface area (TPSA) is 59.7 Å². The third-order valence-electron chi connectivity index (χ3n) is 4.93. The Morgan fingerprint density at radius 2 is 1.77 bits per heavy atom. The smallest absolute Gasteiger partial charge is 0.170 e. The summed E-state index contributed by atoms with van der Waals surface area (Å²) in [6.45, 7) is 10.1. The summed E-state index contributed by atoms with van der Waals surface area (Å²) in [5.74, 6) is 0. The molecule has 2 heterocycles. The van der Waals surface area contributed by atoms with Crippen LogP contribution in [0.3, 0.4) is 0 Å². The number of benzene rings is 1. The molecule has 0 aliphatic heterocycles. The van der Waals surface area contributed by atoms with Crippen LogP contribution in [0.1, 0.15) is 34.8 Å². The lowest BCUT2D eigenvalue weighted by molar-refractivity contribution is 0.558. The van der Waals surface area contributed by atoms with Gasteiger partial charge in [-0.05, 0) is 64.5 Å². The van der Waals surface area contributed by atoms with Crippen molar-refractivity contribution in [3.63, 3.8) is 0 Å². The van der Waals surface area contributed by atoms with Crippen molar-refractivity contribution in [3.8, 4) is 0 Å². The molecule has 0 saturated carbocycles. The lowest BCUT2D eigenvalue weighted by atomic mass is 10.2. The van der Waals surface area contributed by atoms with Gasteiger partial charge in [-0.2, -0.15) is 10.2 Å². The highest BCUT2D eigenvalue weighted by atomic mass is 35.5. The quantitative estimate of drug-likeness (QED) is 0.378. The molecule has 0 unspecified atom stereocenters. The Morgan fingerprint density at radius 1 is 1.07 bits per heavy atom. The maximum atomic E-state index is 6.31. The largest absolute Gasteiger partial charge is 0.362 e. The van der Waals surface area contributed by atoms with E-state index in [0.29, 0.717) is 21.7 Å². The molecule has 0 radical (unpaired) electrons. The van der Waals surface area contributed by atoms with Crippen LogP contribution in [0.15, 0.2) is 24.3 Å². The van der Waals surface area contributed by atoms with Gasteiger partial charge in [-0.15, -0.1) is 0 Å². The van der Waals surface area contributed by atoms with Crippen LogP contribution in [0.25, 0.3) is 0 Å². The maximum Gasteiger partial charge on any atom is 0.170 e. The third-order valence-corrected chi connectivity index (χ3v) is 5.88. The van der Waals surface area contributed by atoms with Gasteiger partial charge in [0, 0.05) is 34.4 Å². The lowest BCUT2D eigenvalue weighted by Gasteiger charge is -2.12.